The van der Waals surface area contributed by atoms with E-state index in [1.807, 2.05) is 80.1 Å². The van der Waals surface area contributed by atoms with E-state index in [9.17, 15) is 9.18 Å². The molecule has 5 rings (SSSR count). The number of halogens is 1. The maximum absolute atomic E-state index is 13.6. The van der Waals surface area contributed by atoms with Crippen molar-refractivity contribution in [1.29, 1.82) is 0 Å². The molecule has 0 atom stereocenters. The Balaban J connectivity index is 1.31. The van der Waals surface area contributed by atoms with E-state index in [2.05, 4.69) is 25.7 Å². The molecular weight excluding hydrogens is 495 g/mol. The largest absolute Gasteiger partial charge is 0.444 e. The third kappa shape index (κ3) is 6.56. The second kappa shape index (κ2) is 10.9. The molecule has 1 amide bonds. The summed E-state index contributed by atoms with van der Waals surface area (Å²) in [5.74, 6) is 0.414. The predicted molar refractivity (Wildman–Crippen MR) is 151 cm³/mol. The summed E-state index contributed by atoms with van der Waals surface area (Å²) in [6, 6.07) is 18.4. The number of fused-ring (bicyclic) bond motifs is 2. The third-order valence-electron chi connectivity index (χ3n) is 5.86. The molecule has 2 N–H and O–H groups in total. The van der Waals surface area contributed by atoms with Crippen LogP contribution in [-0.4, -0.2) is 38.0 Å². The molecule has 198 valence electrons. The molecule has 0 unspecified atom stereocenters. The maximum atomic E-state index is 13.6. The Morgan fingerprint density at radius 1 is 1.08 bits per heavy atom. The van der Waals surface area contributed by atoms with Crippen molar-refractivity contribution in [2.45, 2.75) is 32.9 Å². The minimum absolute atomic E-state index is 0.261. The molecule has 0 fully saturated rings. The lowest BCUT2D eigenvalue weighted by molar-refractivity contribution is 0.0534. The van der Waals surface area contributed by atoms with Crippen molar-refractivity contribution in [3.8, 4) is 0 Å². The SMILES string of the molecule is CC(C)(C)OC(=O)NCC=Cc1ccc2ncnc(Nc3ccc4c(cnn4Cc4cccc(F)c4)c3)c2c1. The van der Waals surface area contributed by atoms with Gasteiger partial charge in [0.25, 0.3) is 0 Å². The Morgan fingerprint density at radius 2 is 1.95 bits per heavy atom. The van der Waals surface area contributed by atoms with Crippen LogP contribution in [0.4, 0.5) is 20.7 Å². The Hall–Kier alpha value is -4.79. The van der Waals surface area contributed by atoms with Gasteiger partial charge in [-0.05, 0) is 74.4 Å². The molecule has 2 heterocycles. The van der Waals surface area contributed by atoms with Crippen LogP contribution >= 0.6 is 0 Å². The number of hydrogen-bond acceptors (Lipinski definition) is 6. The molecule has 2 aromatic heterocycles. The first-order valence-electron chi connectivity index (χ1n) is 12.6. The van der Waals surface area contributed by atoms with E-state index in [0.717, 1.165) is 38.6 Å². The zero-order chi connectivity index (χ0) is 27.4. The molecule has 0 aliphatic heterocycles. The third-order valence-corrected chi connectivity index (χ3v) is 5.86. The molecule has 0 bridgehead atoms. The first kappa shape index (κ1) is 25.8. The lowest BCUT2D eigenvalue weighted by Crippen LogP contribution is -2.32. The number of rotatable bonds is 7. The van der Waals surface area contributed by atoms with E-state index in [0.29, 0.717) is 18.9 Å². The van der Waals surface area contributed by atoms with Gasteiger partial charge in [0.1, 0.15) is 23.6 Å². The highest BCUT2D eigenvalue weighted by Crippen LogP contribution is 2.27. The van der Waals surface area contributed by atoms with Crippen molar-refractivity contribution in [2.24, 2.45) is 0 Å². The first-order valence-corrected chi connectivity index (χ1v) is 12.6. The van der Waals surface area contributed by atoms with Gasteiger partial charge in [-0.2, -0.15) is 5.10 Å². The summed E-state index contributed by atoms with van der Waals surface area (Å²) < 4.78 is 20.7. The van der Waals surface area contributed by atoms with E-state index in [1.165, 1.54) is 18.5 Å². The van der Waals surface area contributed by atoms with Gasteiger partial charge in [0.05, 0.1) is 23.8 Å². The quantitative estimate of drug-likeness (QED) is 0.254. The smallest absolute Gasteiger partial charge is 0.407 e. The molecule has 0 saturated heterocycles. The highest BCUT2D eigenvalue weighted by Gasteiger charge is 2.15. The standard InChI is InChI=1S/C30H29FN6O2/c1-30(2,3)39-29(38)32-13-5-7-20-9-11-26-25(15-20)28(34-19-33-26)36-24-10-12-27-22(16-24)17-35-37(27)18-21-6-4-8-23(31)14-21/h4-12,14-17,19H,13,18H2,1-3H3,(H,32,38)(H,33,34,36). The average molecular weight is 525 g/mol. The van der Waals surface area contributed by atoms with Crippen molar-refractivity contribution in [2.75, 3.05) is 11.9 Å². The molecule has 39 heavy (non-hydrogen) atoms. The number of nitrogens with zero attached hydrogens (tertiary/aromatic N) is 4. The van der Waals surface area contributed by atoms with Crippen molar-refractivity contribution < 1.29 is 13.9 Å². The molecule has 0 aliphatic rings. The topological polar surface area (TPSA) is 94.0 Å². The van der Waals surface area contributed by atoms with E-state index in [4.69, 9.17) is 4.74 Å². The normalized spacial score (nSPS) is 11.8. The van der Waals surface area contributed by atoms with E-state index in [-0.39, 0.29) is 5.82 Å². The number of aromatic nitrogens is 4. The van der Waals surface area contributed by atoms with Gasteiger partial charge in [0.15, 0.2) is 0 Å². The van der Waals surface area contributed by atoms with Crippen molar-refractivity contribution >= 4 is 45.5 Å². The number of nitrogens with one attached hydrogen (secondary N) is 2. The molecular formula is C30H29FN6O2. The highest BCUT2D eigenvalue weighted by molar-refractivity contribution is 5.93. The summed E-state index contributed by atoms with van der Waals surface area (Å²) in [5.41, 5.74) is 3.87. The molecule has 0 radical (unpaired) electrons. The molecule has 8 nitrogen and oxygen atoms in total. The second-order valence-electron chi connectivity index (χ2n) is 10.1. The van der Waals surface area contributed by atoms with Crippen LogP contribution < -0.4 is 10.6 Å². The van der Waals surface area contributed by atoms with Gasteiger partial charge in [-0.25, -0.2) is 19.2 Å². The molecule has 0 spiro atoms. The first-order chi connectivity index (χ1) is 18.7. The van der Waals surface area contributed by atoms with Gasteiger partial charge in [-0.15, -0.1) is 0 Å². The molecule has 3 aromatic carbocycles. The number of alkyl carbamates (subject to hydrolysis) is 1. The van der Waals surface area contributed by atoms with Crippen molar-refractivity contribution in [1.82, 2.24) is 25.1 Å². The van der Waals surface area contributed by atoms with Crippen LogP contribution in [-0.2, 0) is 11.3 Å². The Bertz CT molecular complexity index is 1670. The zero-order valence-electron chi connectivity index (χ0n) is 22.0. The van der Waals surface area contributed by atoms with Gasteiger partial charge < -0.3 is 15.4 Å². The summed E-state index contributed by atoms with van der Waals surface area (Å²) in [7, 11) is 0. The van der Waals surface area contributed by atoms with E-state index >= 15 is 0 Å². The maximum Gasteiger partial charge on any atom is 0.407 e. The van der Waals surface area contributed by atoms with E-state index < -0.39 is 11.7 Å². The fraction of sp³-hybridized carbons (Fsp3) is 0.200. The highest BCUT2D eigenvalue weighted by atomic mass is 19.1. The summed E-state index contributed by atoms with van der Waals surface area (Å²) in [6.07, 6.45) is 6.65. The van der Waals surface area contributed by atoms with Crippen LogP contribution in [0.2, 0.25) is 0 Å². The number of amides is 1. The van der Waals surface area contributed by atoms with Crippen LogP contribution in [0.15, 0.2) is 79.3 Å². The Morgan fingerprint density at radius 3 is 2.77 bits per heavy atom. The lowest BCUT2D eigenvalue weighted by Gasteiger charge is -2.19. The van der Waals surface area contributed by atoms with Crippen LogP contribution in [0.5, 0.6) is 0 Å². The van der Waals surface area contributed by atoms with Gasteiger partial charge in [-0.3, -0.25) is 4.68 Å². The number of carbonyl (C=O) groups excluding carboxylic acids is 1. The van der Waals surface area contributed by atoms with Crippen LogP contribution in [0.3, 0.4) is 0 Å². The molecule has 0 saturated carbocycles. The zero-order valence-corrected chi connectivity index (χ0v) is 22.0. The molecule has 0 aliphatic carbocycles. The Kier molecular flexibility index (Phi) is 7.23. The second-order valence-corrected chi connectivity index (χ2v) is 10.1. The summed E-state index contributed by atoms with van der Waals surface area (Å²) in [4.78, 5) is 20.7. The van der Waals surface area contributed by atoms with Gasteiger partial charge in [0.2, 0.25) is 0 Å². The van der Waals surface area contributed by atoms with Crippen LogP contribution in [0, 0.1) is 5.82 Å². The predicted octanol–water partition coefficient (Wildman–Crippen LogP) is 6.45. The number of carbonyl (C=O) groups is 1. The monoisotopic (exact) mass is 524 g/mol. The van der Waals surface area contributed by atoms with E-state index in [1.54, 1.807) is 12.3 Å². The van der Waals surface area contributed by atoms with Gasteiger partial charge in [0, 0.05) is 23.0 Å². The summed E-state index contributed by atoms with van der Waals surface area (Å²) in [5, 5.41) is 12.4. The minimum Gasteiger partial charge on any atom is -0.444 e. The number of anilines is 2. The molecule has 5 aromatic rings. The minimum atomic E-state index is -0.538. The van der Waals surface area contributed by atoms with Crippen LogP contribution in [0.25, 0.3) is 27.9 Å². The summed E-state index contributed by atoms with van der Waals surface area (Å²) in [6.45, 7) is 6.30. The van der Waals surface area contributed by atoms with Crippen LogP contribution in [0.1, 0.15) is 31.9 Å². The fourth-order valence-electron chi connectivity index (χ4n) is 4.16. The van der Waals surface area contributed by atoms with Gasteiger partial charge >= 0.3 is 6.09 Å². The number of ether oxygens (including phenoxy) is 1. The van der Waals surface area contributed by atoms with Crippen molar-refractivity contribution in [3.63, 3.8) is 0 Å². The lowest BCUT2D eigenvalue weighted by atomic mass is 10.1. The number of benzene rings is 3. The number of hydrogen-bond donors (Lipinski definition) is 2. The van der Waals surface area contributed by atoms with Crippen molar-refractivity contribution in [3.05, 3.63) is 96.2 Å². The average Bonchev–Trinajstić information content (AvgIpc) is 3.27. The van der Waals surface area contributed by atoms with Gasteiger partial charge in [-0.1, -0.05) is 30.4 Å². The molecule has 9 heteroatoms. The Labute approximate surface area is 225 Å². The fourth-order valence-corrected chi connectivity index (χ4v) is 4.16. The summed E-state index contributed by atoms with van der Waals surface area (Å²) >= 11 is 0.